The van der Waals surface area contributed by atoms with Crippen molar-refractivity contribution in [3.63, 3.8) is 0 Å². The molecule has 2 rings (SSSR count). The number of hydrogen-bond donors (Lipinski definition) is 1. The second-order valence-electron chi connectivity index (χ2n) is 7.70. The first kappa shape index (κ1) is 22.8. The number of rotatable bonds is 12. The van der Waals surface area contributed by atoms with Crippen molar-refractivity contribution in [3.8, 4) is 0 Å². The average Bonchev–Trinajstić information content (AvgIpc) is 3.13. The van der Waals surface area contributed by atoms with Crippen molar-refractivity contribution in [1.82, 2.24) is 14.8 Å². The van der Waals surface area contributed by atoms with Crippen LogP contribution in [0.25, 0.3) is 0 Å². The Morgan fingerprint density at radius 1 is 1.11 bits per heavy atom. The summed E-state index contributed by atoms with van der Waals surface area (Å²) in [4.78, 5) is 3.91. The van der Waals surface area contributed by atoms with E-state index >= 15 is 0 Å². The Balaban J connectivity index is 2.15. The summed E-state index contributed by atoms with van der Waals surface area (Å²) in [6.07, 6.45) is 10.0. The number of aromatic nitrogens is 3. The third-order valence-corrected chi connectivity index (χ3v) is 6.74. The first-order valence-electron chi connectivity index (χ1n) is 9.94. The summed E-state index contributed by atoms with van der Waals surface area (Å²) >= 11 is 1.61. The molecule has 1 aromatic heterocycles. The largest absolute Gasteiger partial charge is 0.382 e. The molecule has 0 unspecified atom stereocenters. The first-order chi connectivity index (χ1) is 13.3. The molecule has 4 nitrogen and oxygen atoms in total. The minimum atomic E-state index is -1.58. The lowest BCUT2D eigenvalue weighted by molar-refractivity contribution is -0.0169. The van der Waals surface area contributed by atoms with Crippen molar-refractivity contribution in [2.45, 2.75) is 76.2 Å². The van der Waals surface area contributed by atoms with Crippen molar-refractivity contribution in [1.29, 1.82) is 0 Å². The van der Waals surface area contributed by atoms with Gasteiger partial charge in [0, 0.05) is 16.4 Å². The Bertz CT molecular complexity index is 724. The molecule has 156 valence electrons. The van der Waals surface area contributed by atoms with Gasteiger partial charge in [0.15, 0.2) is 0 Å². The van der Waals surface area contributed by atoms with Crippen molar-refractivity contribution < 1.29 is 13.9 Å². The lowest BCUT2D eigenvalue weighted by Gasteiger charge is -2.42. The zero-order valence-electron chi connectivity index (χ0n) is 17.0. The van der Waals surface area contributed by atoms with Crippen LogP contribution in [0.2, 0.25) is 0 Å². The molecule has 0 bridgehead atoms. The topological polar surface area (TPSA) is 50.9 Å². The minimum absolute atomic E-state index is 0.0338. The van der Waals surface area contributed by atoms with Gasteiger partial charge in [-0.3, -0.25) is 0 Å². The van der Waals surface area contributed by atoms with Gasteiger partial charge < -0.3 is 5.11 Å². The molecule has 1 aromatic carbocycles. The smallest absolute Gasteiger partial charge is 0.137 e. The third kappa shape index (κ3) is 5.77. The summed E-state index contributed by atoms with van der Waals surface area (Å²) in [5, 5.41) is 15.7. The van der Waals surface area contributed by atoms with E-state index in [1.54, 1.807) is 11.8 Å². The number of aliphatic hydroxyl groups is 1. The van der Waals surface area contributed by atoms with Gasteiger partial charge in [0.05, 0.1) is 6.54 Å². The van der Waals surface area contributed by atoms with Crippen LogP contribution in [0.1, 0.15) is 64.9 Å². The molecule has 0 saturated carbocycles. The Morgan fingerprint density at radius 3 is 2.46 bits per heavy atom. The highest BCUT2D eigenvalue weighted by Crippen LogP contribution is 2.45. The summed E-state index contributed by atoms with van der Waals surface area (Å²) in [6.45, 7) is 6.03. The quantitative estimate of drug-likeness (QED) is 0.481. The second-order valence-corrected chi connectivity index (χ2v) is 9.42. The Morgan fingerprint density at radius 2 is 1.82 bits per heavy atom. The second kappa shape index (κ2) is 10.3. The zero-order valence-corrected chi connectivity index (χ0v) is 17.8. The number of halogens is 2. The minimum Gasteiger partial charge on any atom is -0.382 e. The SMILES string of the molecule is CCCCCCCCSC(C)(C)[C@](O)(Cn1cncn1)c1ccc(F)cc1F. The van der Waals surface area contributed by atoms with Gasteiger partial charge in [0.25, 0.3) is 0 Å². The van der Waals surface area contributed by atoms with E-state index in [0.717, 1.165) is 24.7 Å². The molecule has 1 atom stereocenters. The fourth-order valence-electron chi connectivity index (χ4n) is 3.30. The summed E-state index contributed by atoms with van der Waals surface area (Å²) in [5.41, 5.74) is -1.50. The van der Waals surface area contributed by atoms with Crippen molar-refractivity contribution in [2.24, 2.45) is 0 Å². The van der Waals surface area contributed by atoms with Crippen LogP contribution in [-0.2, 0) is 12.1 Å². The fraction of sp³-hybridized carbons (Fsp3) is 0.619. The standard InChI is InChI=1S/C21H31F2N3OS/c1-4-5-6-7-8-9-12-28-20(2,3)21(27,14-26-16-24-15-25-26)18-11-10-17(22)13-19(18)23/h10-11,13,15-16,27H,4-9,12,14H2,1-3H3/t21-/m0/s1. The molecule has 0 spiro atoms. The molecular weight excluding hydrogens is 380 g/mol. The molecule has 2 aromatic rings. The predicted molar refractivity (Wildman–Crippen MR) is 110 cm³/mol. The molecular formula is C21H31F2N3OS. The van der Waals surface area contributed by atoms with Gasteiger partial charge in [-0.15, -0.1) is 0 Å². The molecule has 7 heteroatoms. The average molecular weight is 412 g/mol. The molecule has 0 saturated heterocycles. The number of unbranched alkanes of at least 4 members (excludes halogenated alkanes) is 5. The molecule has 1 heterocycles. The summed E-state index contributed by atoms with van der Waals surface area (Å²) in [6, 6.07) is 3.32. The molecule has 0 amide bonds. The van der Waals surface area contributed by atoms with Crippen LogP contribution in [0.15, 0.2) is 30.9 Å². The number of nitrogens with zero attached hydrogens (tertiary/aromatic N) is 3. The number of benzene rings is 1. The van der Waals surface area contributed by atoms with E-state index in [0.29, 0.717) is 0 Å². The molecule has 1 N–H and O–H groups in total. The molecule has 28 heavy (non-hydrogen) atoms. The molecule has 0 aliphatic carbocycles. The highest BCUT2D eigenvalue weighted by Gasteiger charge is 2.47. The number of thioether (sulfide) groups is 1. The van der Waals surface area contributed by atoms with E-state index in [1.165, 1.54) is 55.2 Å². The van der Waals surface area contributed by atoms with E-state index in [1.807, 2.05) is 13.8 Å². The van der Waals surface area contributed by atoms with Crippen LogP contribution < -0.4 is 0 Å². The maximum Gasteiger partial charge on any atom is 0.137 e. The fourth-order valence-corrected chi connectivity index (χ4v) is 4.57. The van der Waals surface area contributed by atoms with E-state index in [-0.39, 0.29) is 12.1 Å². The van der Waals surface area contributed by atoms with Gasteiger partial charge in [-0.25, -0.2) is 18.4 Å². The summed E-state index contributed by atoms with van der Waals surface area (Å²) in [5.74, 6) is -0.556. The van der Waals surface area contributed by atoms with E-state index in [9.17, 15) is 13.9 Å². The van der Waals surface area contributed by atoms with Crippen molar-refractivity contribution in [3.05, 3.63) is 48.1 Å². The van der Waals surface area contributed by atoms with Crippen LogP contribution in [0, 0.1) is 11.6 Å². The lowest BCUT2D eigenvalue weighted by atomic mass is 9.82. The third-order valence-electron chi connectivity index (χ3n) is 5.19. The van der Waals surface area contributed by atoms with Crippen molar-refractivity contribution in [2.75, 3.05) is 5.75 Å². The van der Waals surface area contributed by atoms with Crippen LogP contribution in [0.5, 0.6) is 0 Å². The summed E-state index contributed by atoms with van der Waals surface area (Å²) < 4.78 is 28.8. The molecule has 0 radical (unpaired) electrons. The van der Waals surface area contributed by atoms with Gasteiger partial charge >= 0.3 is 0 Å². The highest BCUT2D eigenvalue weighted by molar-refractivity contribution is 8.00. The zero-order chi connectivity index (χ0) is 20.6. The Hall–Kier alpha value is -1.47. The molecule has 0 fully saturated rings. The first-order valence-corrected chi connectivity index (χ1v) is 10.9. The Labute approximate surface area is 170 Å². The molecule has 0 aliphatic rings. The highest BCUT2D eigenvalue weighted by atomic mass is 32.2. The van der Waals surface area contributed by atoms with Crippen LogP contribution in [-0.4, -0.2) is 30.4 Å². The predicted octanol–water partition coefficient (Wildman–Crippen LogP) is 5.32. The Kier molecular flexibility index (Phi) is 8.43. The van der Waals surface area contributed by atoms with Gasteiger partial charge in [-0.1, -0.05) is 45.1 Å². The normalized spacial score (nSPS) is 14.2. The maximum atomic E-state index is 14.6. The number of hydrogen-bond acceptors (Lipinski definition) is 4. The maximum absolute atomic E-state index is 14.6. The van der Waals surface area contributed by atoms with E-state index in [4.69, 9.17) is 0 Å². The van der Waals surface area contributed by atoms with Gasteiger partial charge in [-0.2, -0.15) is 16.9 Å². The lowest BCUT2D eigenvalue weighted by Crippen LogP contribution is -2.49. The van der Waals surface area contributed by atoms with Crippen molar-refractivity contribution >= 4 is 11.8 Å². The molecule has 0 aliphatic heterocycles. The van der Waals surface area contributed by atoms with Gasteiger partial charge in [0.1, 0.15) is 29.9 Å². The van der Waals surface area contributed by atoms with E-state index in [2.05, 4.69) is 17.0 Å². The van der Waals surface area contributed by atoms with Gasteiger partial charge in [0.2, 0.25) is 0 Å². The van der Waals surface area contributed by atoms with Crippen LogP contribution in [0.4, 0.5) is 8.78 Å². The van der Waals surface area contributed by atoms with Crippen LogP contribution in [0.3, 0.4) is 0 Å². The van der Waals surface area contributed by atoms with Gasteiger partial charge in [-0.05, 0) is 32.1 Å². The monoisotopic (exact) mass is 411 g/mol. The van der Waals surface area contributed by atoms with Crippen LogP contribution >= 0.6 is 11.8 Å². The summed E-state index contributed by atoms with van der Waals surface area (Å²) in [7, 11) is 0. The van der Waals surface area contributed by atoms with E-state index < -0.39 is 22.0 Å².